The van der Waals surface area contributed by atoms with Gasteiger partial charge in [0, 0.05) is 26.1 Å². The highest BCUT2D eigenvalue weighted by Gasteiger charge is 2.25. The smallest absolute Gasteiger partial charge is 0.326 e. The van der Waals surface area contributed by atoms with E-state index in [2.05, 4.69) is 5.32 Å². The molecule has 1 aliphatic rings. The number of primary amides is 1. The van der Waals surface area contributed by atoms with Gasteiger partial charge in [0.25, 0.3) is 0 Å². The van der Waals surface area contributed by atoms with Gasteiger partial charge in [0.2, 0.25) is 5.91 Å². The Morgan fingerprint density at radius 2 is 2.19 bits per heavy atom. The number of hydrogen-bond acceptors (Lipinski definition) is 4. The Morgan fingerprint density at radius 3 is 2.67 bits per heavy atom. The molecule has 0 spiro atoms. The highest BCUT2D eigenvalue weighted by atomic mass is 16.5. The van der Waals surface area contributed by atoms with Crippen molar-refractivity contribution in [3.63, 3.8) is 0 Å². The maximum Gasteiger partial charge on any atom is 0.326 e. The molecule has 1 aliphatic heterocycles. The third kappa shape index (κ3) is 5.99. The zero-order valence-electron chi connectivity index (χ0n) is 12.2. The lowest BCUT2D eigenvalue weighted by atomic mass is 10.1. The molecule has 4 N–H and O–H groups in total. The number of carbonyl (C=O) groups is 3. The van der Waals surface area contributed by atoms with Crippen LogP contribution in [-0.2, 0) is 14.3 Å². The highest BCUT2D eigenvalue weighted by molar-refractivity contribution is 5.83. The molecule has 1 saturated heterocycles. The normalized spacial score (nSPS) is 19.0. The first-order valence-electron chi connectivity index (χ1n) is 7.12. The molecule has 1 rings (SSSR count). The fourth-order valence-electron chi connectivity index (χ4n) is 2.17. The summed E-state index contributed by atoms with van der Waals surface area (Å²) in [6, 6.07) is -1.59. The van der Waals surface area contributed by atoms with Gasteiger partial charge in [-0.1, -0.05) is 0 Å². The van der Waals surface area contributed by atoms with E-state index in [9.17, 15) is 14.4 Å². The molecule has 120 valence electrons. The van der Waals surface area contributed by atoms with E-state index in [4.69, 9.17) is 15.6 Å². The number of hydrogen-bond donors (Lipinski definition) is 3. The Labute approximate surface area is 123 Å². The zero-order chi connectivity index (χ0) is 15.8. The van der Waals surface area contributed by atoms with Crippen molar-refractivity contribution in [2.45, 2.75) is 44.8 Å². The first-order valence-corrected chi connectivity index (χ1v) is 7.12. The van der Waals surface area contributed by atoms with Crippen LogP contribution in [0.3, 0.4) is 0 Å². The van der Waals surface area contributed by atoms with Crippen molar-refractivity contribution in [3.05, 3.63) is 0 Å². The molecule has 8 heteroatoms. The minimum Gasteiger partial charge on any atom is -0.480 e. The van der Waals surface area contributed by atoms with Crippen LogP contribution in [0.2, 0.25) is 0 Å². The molecule has 0 aliphatic carbocycles. The third-order valence-corrected chi connectivity index (χ3v) is 3.39. The van der Waals surface area contributed by atoms with Gasteiger partial charge in [0.1, 0.15) is 6.04 Å². The molecule has 0 radical (unpaired) electrons. The van der Waals surface area contributed by atoms with E-state index in [0.29, 0.717) is 19.7 Å². The Hall–Kier alpha value is -1.83. The fourth-order valence-corrected chi connectivity index (χ4v) is 2.17. The summed E-state index contributed by atoms with van der Waals surface area (Å²) >= 11 is 0. The molecule has 0 bridgehead atoms. The van der Waals surface area contributed by atoms with Gasteiger partial charge < -0.3 is 25.8 Å². The molecule has 1 unspecified atom stereocenters. The van der Waals surface area contributed by atoms with Gasteiger partial charge >= 0.3 is 12.0 Å². The van der Waals surface area contributed by atoms with Gasteiger partial charge in [-0.25, -0.2) is 9.59 Å². The molecule has 8 nitrogen and oxygen atoms in total. The standard InChI is InChI=1S/C13H23N3O5/c1-2-16(8-9-4-3-7-21-9)13(20)15-10(12(18)19)5-6-11(14)17/h9-10H,2-8H2,1H3,(H2,14,17)(H,15,20)(H,18,19)/t9?,10-/m0/s1. The number of carboxylic acids is 1. The van der Waals surface area contributed by atoms with Crippen LogP contribution in [0.15, 0.2) is 0 Å². The van der Waals surface area contributed by atoms with Crippen LogP contribution in [0.1, 0.15) is 32.6 Å². The minimum atomic E-state index is -1.18. The Balaban J connectivity index is 2.52. The highest BCUT2D eigenvalue weighted by Crippen LogP contribution is 2.13. The molecular formula is C13H23N3O5. The molecule has 0 aromatic rings. The summed E-state index contributed by atoms with van der Waals surface area (Å²) in [5.74, 6) is -1.78. The van der Waals surface area contributed by atoms with Crippen LogP contribution in [0.5, 0.6) is 0 Å². The number of nitrogens with two attached hydrogens (primary N) is 1. The number of urea groups is 1. The molecule has 21 heavy (non-hydrogen) atoms. The first-order chi connectivity index (χ1) is 9.93. The van der Waals surface area contributed by atoms with Crippen LogP contribution in [0.4, 0.5) is 4.79 Å². The number of aliphatic carboxylic acids is 1. The van der Waals surface area contributed by atoms with Crippen LogP contribution < -0.4 is 11.1 Å². The second-order valence-electron chi connectivity index (χ2n) is 5.02. The summed E-state index contributed by atoms with van der Waals surface area (Å²) in [6.45, 7) is 3.40. The van der Waals surface area contributed by atoms with Gasteiger partial charge in [-0.2, -0.15) is 0 Å². The van der Waals surface area contributed by atoms with Gasteiger partial charge in [0.05, 0.1) is 6.10 Å². The summed E-state index contributed by atoms with van der Waals surface area (Å²) in [5.41, 5.74) is 5.00. The predicted molar refractivity (Wildman–Crippen MR) is 74.6 cm³/mol. The van der Waals surface area contributed by atoms with Crippen LogP contribution in [0.25, 0.3) is 0 Å². The molecule has 1 fully saturated rings. The van der Waals surface area contributed by atoms with Crippen LogP contribution in [-0.4, -0.2) is 59.8 Å². The van der Waals surface area contributed by atoms with Crippen LogP contribution in [0, 0.1) is 0 Å². The van der Waals surface area contributed by atoms with Crippen molar-refractivity contribution in [3.8, 4) is 0 Å². The van der Waals surface area contributed by atoms with Crippen LogP contribution >= 0.6 is 0 Å². The summed E-state index contributed by atoms with van der Waals surface area (Å²) in [5, 5.41) is 11.5. The molecule has 0 aromatic heterocycles. The van der Waals surface area contributed by atoms with E-state index in [1.807, 2.05) is 6.92 Å². The number of nitrogens with zero attached hydrogens (tertiary/aromatic N) is 1. The number of carbonyl (C=O) groups excluding carboxylic acids is 2. The largest absolute Gasteiger partial charge is 0.480 e. The number of nitrogens with one attached hydrogen (secondary N) is 1. The van der Waals surface area contributed by atoms with Crippen molar-refractivity contribution in [1.29, 1.82) is 0 Å². The van der Waals surface area contributed by atoms with Gasteiger partial charge in [0.15, 0.2) is 0 Å². The average molecular weight is 301 g/mol. The van der Waals surface area contributed by atoms with Gasteiger partial charge in [-0.05, 0) is 26.2 Å². The van der Waals surface area contributed by atoms with Gasteiger partial charge in [-0.3, -0.25) is 4.79 Å². The Morgan fingerprint density at radius 1 is 1.48 bits per heavy atom. The van der Waals surface area contributed by atoms with Crippen molar-refractivity contribution in [2.75, 3.05) is 19.7 Å². The van der Waals surface area contributed by atoms with E-state index in [1.165, 1.54) is 4.90 Å². The van der Waals surface area contributed by atoms with E-state index < -0.39 is 23.9 Å². The topological polar surface area (TPSA) is 122 Å². The first kappa shape index (κ1) is 17.2. The lowest BCUT2D eigenvalue weighted by Gasteiger charge is -2.26. The van der Waals surface area contributed by atoms with Crippen molar-refractivity contribution in [2.24, 2.45) is 5.73 Å². The summed E-state index contributed by atoms with van der Waals surface area (Å²) in [6.07, 6.45) is 1.77. The zero-order valence-corrected chi connectivity index (χ0v) is 12.2. The number of rotatable bonds is 8. The molecule has 1 heterocycles. The number of amides is 3. The van der Waals surface area contributed by atoms with Crippen molar-refractivity contribution >= 4 is 17.9 Å². The summed E-state index contributed by atoms with van der Waals surface area (Å²) in [7, 11) is 0. The van der Waals surface area contributed by atoms with Crippen molar-refractivity contribution in [1.82, 2.24) is 10.2 Å². The molecule has 0 aromatic carbocycles. The SMILES string of the molecule is CCN(CC1CCCO1)C(=O)N[C@@H](CCC(N)=O)C(=O)O. The Kier molecular flexibility index (Phi) is 6.93. The second kappa shape index (κ2) is 8.46. The monoisotopic (exact) mass is 301 g/mol. The number of ether oxygens (including phenoxy) is 1. The maximum absolute atomic E-state index is 12.1. The molecule has 3 amide bonds. The van der Waals surface area contributed by atoms with E-state index in [-0.39, 0.29) is 18.9 Å². The summed E-state index contributed by atoms with van der Waals surface area (Å²) in [4.78, 5) is 35.4. The maximum atomic E-state index is 12.1. The Bertz CT molecular complexity index is 382. The number of carboxylic acid groups (broad SMARTS) is 1. The van der Waals surface area contributed by atoms with E-state index in [1.54, 1.807) is 0 Å². The second-order valence-corrected chi connectivity index (χ2v) is 5.02. The minimum absolute atomic E-state index is 0.00426. The quantitative estimate of drug-likeness (QED) is 0.578. The third-order valence-electron chi connectivity index (χ3n) is 3.39. The average Bonchev–Trinajstić information content (AvgIpc) is 2.92. The van der Waals surface area contributed by atoms with E-state index in [0.717, 1.165) is 12.8 Å². The lowest BCUT2D eigenvalue weighted by Crippen LogP contribution is -2.50. The molecular weight excluding hydrogens is 278 g/mol. The number of likely N-dealkylation sites (N-methyl/N-ethyl adjacent to an activating group) is 1. The van der Waals surface area contributed by atoms with Crippen molar-refractivity contribution < 1.29 is 24.2 Å². The lowest BCUT2D eigenvalue weighted by molar-refractivity contribution is -0.139. The fraction of sp³-hybridized carbons (Fsp3) is 0.769. The summed E-state index contributed by atoms with van der Waals surface area (Å²) < 4.78 is 5.47. The molecule has 0 saturated carbocycles. The van der Waals surface area contributed by atoms with Gasteiger partial charge in [-0.15, -0.1) is 0 Å². The van der Waals surface area contributed by atoms with E-state index >= 15 is 0 Å². The predicted octanol–water partition coefficient (Wildman–Crippen LogP) is -0.0844. The molecule has 2 atom stereocenters.